The maximum atomic E-state index is 14.1. The van der Waals surface area contributed by atoms with Crippen molar-refractivity contribution in [2.45, 2.75) is 102 Å². The van der Waals surface area contributed by atoms with E-state index in [2.05, 4.69) is 31.4 Å². The third-order valence-corrected chi connectivity index (χ3v) is 15.0. The molecule has 4 atom stereocenters. The van der Waals surface area contributed by atoms with Gasteiger partial charge in [-0.05, 0) is 73.1 Å². The lowest BCUT2D eigenvalue weighted by molar-refractivity contribution is -0.147. The number of benzene rings is 2. The summed E-state index contributed by atoms with van der Waals surface area (Å²) in [4.78, 5) is 55.6. The molecule has 3 amide bonds. The second kappa shape index (κ2) is 14.2. The molecule has 1 fully saturated rings. The van der Waals surface area contributed by atoms with E-state index in [0.29, 0.717) is 31.2 Å². The van der Waals surface area contributed by atoms with Gasteiger partial charge in [-0.1, -0.05) is 63.3 Å². The van der Waals surface area contributed by atoms with E-state index in [1.165, 1.54) is 0 Å². The van der Waals surface area contributed by atoms with Crippen LogP contribution in [0.4, 0.5) is 0 Å². The number of rotatable bonds is 9. The van der Waals surface area contributed by atoms with Crippen molar-refractivity contribution in [3.05, 3.63) is 60.2 Å². The Morgan fingerprint density at radius 3 is 2.37 bits per heavy atom. The summed E-state index contributed by atoms with van der Waals surface area (Å²) in [5, 5.41) is 6.56. The summed E-state index contributed by atoms with van der Waals surface area (Å²) >= 11 is 0. The van der Waals surface area contributed by atoms with Crippen LogP contribution in [0.5, 0.6) is 0 Å². The van der Waals surface area contributed by atoms with Crippen molar-refractivity contribution in [2.24, 2.45) is 0 Å². The van der Waals surface area contributed by atoms with Crippen molar-refractivity contribution < 1.29 is 32.0 Å². The van der Waals surface area contributed by atoms with Crippen LogP contribution in [0.3, 0.4) is 0 Å². The normalized spacial score (nSPS) is 21.6. The lowest BCUT2D eigenvalue weighted by Gasteiger charge is -2.44. The first-order valence-electron chi connectivity index (χ1n) is 15.9. The summed E-state index contributed by atoms with van der Waals surface area (Å²) in [6, 6.07) is 10.2. The van der Waals surface area contributed by atoms with Crippen molar-refractivity contribution in [3.8, 4) is 0 Å². The number of carbonyl (C=O) groups is 4. The molecule has 10 nitrogen and oxygen atoms in total. The van der Waals surface area contributed by atoms with Crippen LogP contribution in [-0.4, -0.2) is 81.5 Å². The number of hydrogen-bond donors (Lipinski definition) is 2. The predicted octanol–water partition coefficient (Wildman–Crippen LogP) is 4.51. The molecule has 46 heavy (non-hydrogen) atoms. The van der Waals surface area contributed by atoms with Gasteiger partial charge < -0.3 is 20.0 Å². The molecule has 0 radical (unpaired) electrons. The summed E-state index contributed by atoms with van der Waals surface area (Å²) in [7, 11) is -6.28. The average Bonchev–Trinajstić information content (AvgIpc) is 2.98. The van der Waals surface area contributed by atoms with E-state index in [9.17, 15) is 27.6 Å². The predicted molar refractivity (Wildman–Crippen MR) is 181 cm³/mol. The molecule has 12 heteroatoms. The van der Waals surface area contributed by atoms with Crippen molar-refractivity contribution in [2.75, 3.05) is 12.9 Å². The topological polar surface area (TPSA) is 139 Å². The molecule has 250 valence electrons. The van der Waals surface area contributed by atoms with Crippen LogP contribution in [0.15, 0.2) is 54.6 Å². The minimum atomic E-state index is -3.98. The highest BCUT2D eigenvalue weighted by atomic mass is 32.2. The van der Waals surface area contributed by atoms with Crippen molar-refractivity contribution in [1.29, 1.82) is 0 Å². The number of fused-ring (bicyclic) bond motifs is 2. The summed E-state index contributed by atoms with van der Waals surface area (Å²) in [6.07, 6.45) is 6.97. The molecule has 4 rings (SSSR count). The van der Waals surface area contributed by atoms with Gasteiger partial charge in [0.2, 0.25) is 26.8 Å². The van der Waals surface area contributed by atoms with E-state index in [0.717, 1.165) is 17.0 Å². The number of amides is 3. The van der Waals surface area contributed by atoms with Gasteiger partial charge in [-0.2, -0.15) is 0 Å². The average molecular weight is 670 g/mol. The van der Waals surface area contributed by atoms with Crippen molar-refractivity contribution >= 4 is 51.8 Å². The third kappa shape index (κ3) is 8.51. The molecule has 1 saturated heterocycles. The maximum Gasteiger partial charge on any atom is 0.251 e. The lowest BCUT2D eigenvalue weighted by Crippen LogP contribution is -2.62. The van der Waals surface area contributed by atoms with Gasteiger partial charge in [0.25, 0.3) is 5.91 Å². The van der Waals surface area contributed by atoms with E-state index in [-0.39, 0.29) is 35.9 Å². The van der Waals surface area contributed by atoms with Gasteiger partial charge in [-0.15, -0.1) is 0 Å². The molecule has 0 aliphatic carbocycles. The second-order valence-corrected chi connectivity index (χ2v) is 20.8. The highest BCUT2D eigenvalue weighted by molar-refractivity contribution is 8.05. The molecule has 0 saturated carbocycles. The van der Waals surface area contributed by atoms with E-state index in [1.54, 1.807) is 17.0 Å². The van der Waals surface area contributed by atoms with Crippen LogP contribution in [0.1, 0.15) is 69.7 Å². The third-order valence-electron chi connectivity index (χ3n) is 9.49. The van der Waals surface area contributed by atoms with Gasteiger partial charge in [-0.3, -0.25) is 19.2 Å². The molecule has 2 aliphatic rings. The fraction of sp³-hybridized carbons (Fsp3) is 0.529. The Morgan fingerprint density at radius 1 is 1.02 bits per heavy atom. The summed E-state index contributed by atoms with van der Waals surface area (Å²) < 4.78 is 30.3. The van der Waals surface area contributed by atoms with Crippen LogP contribution in [0.25, 0.3) is 10.8 Å². The number of nitrogens with zero attached hydrogens (tertiary/aromatic N) is 1. The van der Waals surface area contributed by atoms with Gasteiger partial charge in [0.15, 0.2) is 8.32 Å². The van der Waals surface area contributed by atoms with E-state index >= 15 is 0 Å². The zero-order valence-electron chi connectivity index (χ0n) is 27.7. The number of carbonyl (C=O) groups excluding carboxylic acids is 4. The van der Waals surface area contributed by atoms with Gasteiger partial charge in [0, 0.05) is 24.3 Å². The first kappa shape index (κ1) is 35.5. The van der Waals surface area contributed by atoms with Gasteiger partial charge in [0.1, 0.15) is 12.1 Å². The van der Waals surface area contributed by atoms with Crippen LogP contribution in [0, 0.1) is 0 Å². The van der Waals surface area contributed by atoms with Crippen LogP contribution >= 0.6 is 0 Å². The lowest BCUT2D eigenvalue weighted by atomic mass is 9.90. The minimum absolute atomic E-state index is 0.0270. The molecule has 2 N–H and O–H groups in total. The first-order valence-corrected chi connectivity index (χ1v) is 20.7. The van der Waals surface area contributed by atoms with Gasteiger partial charge in [0.05, 0.1) is 12.6 Å². The molecule has 0 spiro atoms. The monoisotopic (exact) mass is 669 g/mol. The molecule has 0 bridgehead atoms. The first-order chi connectivity index (χ1) is 21.5. The number of sulfone groups is 1. The number of nitrogens with one attached hydrogen (secondary N) is 2. The molecular formula is C34H47N3O7SSi. The molecular weight excluding hydrogens is 623 g/mol. The SMILES string of the molecule is CC(C)(C)[Si](C)(C)OC[C@H](CC(=O)S(C)(=O)=O)NC(=O)[C@@H]1CCC[C@@H]2CC=CC[C@H](NC(=O)c3ccc4ccccc4c3)C(=O)N21. The fourth-order valence-corrected chi connectivity index (χ4v) is 7.24. The van der Waals surface area contributed by atoms with Gasteiger partial charge in [-0.25, -0.2) is 8.42 Å². The van der Waals surface area contributed by atoms with Crippen molar-refractivity contribution in [3.63, 3.8) is 0 Å². The molecule has 2 aromatic carbocycles. The fourth-order valence-electron chi connectivity index (χ4n) is 5.69. The maximum absolute atomic E-state index is 14.1. The van der Waals surface area contributed by atoms with Gasteiger partial charge >= 0.3 is 0 Å². The summed E-state index contributed by atoms with van der Waals surface area (Å²) in [6.45, 7) is 10.2. The smallest absolute Gasteiger partial charge is 0.251 e. The zero-order chi connectivity index (χ0) is 33.9. The number of hydrogen-bond acceptors (Lipinski definition) is 7. The summed E-state index contributed by atoms with van der Waals surface area (Å²) in [5.74, 6) is -1.19. The highest BCUT2D eigenvalue weighted by Gasteiger charge is 2.43. The quantitative estimate of drug-likeness (QED) is 0.296. The Balaban J connectivity index is 1.55. The summed E-state index contributed by atoms with van der Waals surface area (Å²) in [5.41, 5.74) is 0.433. The molecule has 2 aromatic rings. The van der Waals surface area contributed by atoms with Crippen LogP contribution in [-0.2, 0) is 28.6 Å². The van der Waals surface area contributed by atoms with Crippen LogP contribution < -0.4 is 10.6 Å². The standard InChI is InChI=1S/C34H47N3O7SSi/c1-34(2,3)46(5,6)44-22-26(21-30(38)45(4,42)43)35-32(40)29-17-11-15-27-14-9-10-16-28(33(41)37(27)29)36-31(39)25-19-18-23-12-7-8-13-24(23)20-25/h7-10,12-13,18-20,26-29H,11,14-17,21-22H2,1-6H3,(H,35,40)(H,36,39)/t26-,27-,28-,29-/m0/s1. The van der Waals surface area contributed by atoms with E-state index in [1.807, 2.05) is 55.6 Å². The van der Waals surface area contributed by atoms with E-state index in [4.69, 9.17) is 4.43 Å². The van der Waals surface area contributed by atoms with Crippen molar-refractivity contribution in [1.82, 2.24) is 15.5 Å². The minimum Gasteiger partial charge on any atom is -0.415 e. The van der Waals surface area contributed by atoms with E-state index < -0.39 is 53.7 Å². The Labute approximate surface area is 273 Å². The zero-order valence-corrected chi connectivity index (χ0v) is 29.5. The Morgan fingerprint density at radius 2 is 1.70 bits per heavy atom. The molecule has 0 aromatic heterocycles. The Kier molecular flexibility index (Phi) is 10.9. The largest absolute Gasteiger partial charge is 0.415 e. The second-order valence-electron chi connectivity index (χ2n) is 14.0. The molecule has 2 aliphatic heterocycles. The Hall–Kier alpha value is -3.35. The molecule has 0 unspecified atom stereocenters. The highest BCUT2D eigenvalue weighted by Crippen LogP contribution is 2.36. The molecule has 2 heterocycles. The van der Waals surface area contributed by atoms with Crippen LogP contribution in [0.2, 0.25) is 18.1 Å². The Bertz CT molecular complexity index is 1620. The number of piperidine rings is 1.